The smallest absolute Gasteiger partial charge is 0.388 e. The summed E-state index contributed by atoms with van der Waals surface area (Å²) in [5.74, 6) is 0. The molecule has 0 aromatic carbocycles. The van der Waals surface area contributed by atoms with E-state index in [1.165, 1.54) is 0 Å². The maximum atomic E-state index is 12.1. The van der Waals surface area contributed by atoms with E-state index in [0.717, 1.165) is 0 Å². The Labute approximate surface area is 156 Å². The van der Waals surface area contributed by atoms with Gasteiger partial charge in [-0.25, -0.2) is 9.13 Å². The minimum atomic E-state index is -4.88. The van der Waals surface area contributed by atoms with Gasteiger partial charge in [0.2, 0.25) is 0 Å². The number of ether oxygens (including phenoxy) is 2. The first-order chi connectivity index (χ1) is 12.3. The van der Waals surface area contributed by atoms with Crippen LogP contribution in [0.25, 0.3) is 0 Å². The molecule has 27 heavy (non-hydrogen) atoms. The first kappa shape index (κ1) is 23.4. The van der Waals surface area contributed by atoms with Crippen molar-refractivity contribution in [2.24, 2.45) is 0 Å². The molecule has 2 fully saturated rings. The Morgan fingerprint density at radius 3 is 1.85 bits per heavy atom. The maximum absolute atomic E-state index is 12.1. The Morgan fingerprint density at radius 2 is 1.33 bits per heavy atom. The lowest BCUT2D eigenvalue weighted by molar-refractivity contribution is -0.0321. The van der Waals surface area contributed by atoms with Crippen LogP contribution in [0.3, 0.4) is 0 Å². The molecule has 4 radical (unpaired) electrons. The van der Waals surface area contributed by atoms with Crippen LogP contribution in [0.15, 0.2) is 0 Å². The molecule has 0 bridgehead atoms. The summed E-state index contributed by atoms with van der Waals surface area (Å²) in [7, 11) is 1.02. The van der Waals surface area contributed by atoms with Gasteiger partial charge in [-0.3, -0.25) is 13.6 Å². The van der Waals surface area contributed by atoms with E-state index >= 15 is 0 Å². The normalized spacial score (nSPS) is 42.3. The molecule has 0 aromatic rings. The molecule has 9 atom stereocenters. The molecule has 2 aliphatic heterocycles. The summed E-state index contributed by atoms with van der Waals surface area (Å²) < 4.78 is 46.4. The zero-order valence-electron chi connectivity index (χ0n) is 13.6. The number of aliphatic hydroxyl groups is 3. The molecule has 6 N–H and O–H groups in total. The number of phosphoric acid groups is 2. The highest BCUT2D eigenvalue weighted by atomic mass is 31.2. The first-order valence-corrected chi connectivity index (χ1v) is 10.6. The van der Waals surface area contributed by atoms with Crippen LogP contribution in [0.4, 0.5) is 0 Å². The van der Waals surface area contributed by atoms with Crippen molar-refractivity contribution >= 4 is 31.3 Å². The Kier molecular flexibility index (Phi) is 7.71. The van der Waals surface area contributed by atoms with Crippen molar-refractivity contribution in [2.45, 2.75) is 48.6 Å². The van der Waals surface area contributed by atoms with Gasteiger partial charge in [0.15, 0.2) is 0 Å². The zero-order valence-corrected chi connectivity index (χ0v) is 15.4. The van der Waals surface area contributed by atoms with Gasteiger partial charge in [-0.1, -0.05) is 0 Å². The van der Waals surface area contributed by atoms with Crippen LogP contribution >= 0.6 is 15.6 Å². The van der Waals surface area contributed by atoms with Crippen LogP contribution < -0.4 is 0 Å². The Hall–Kier alpha value is 0.150. The van der Waals surface area contributed by atoms with Gasteiger partial charge < -0.3 is 39.5 Å². The lowest BCUT2D eigenvalue weighted by atomic mass is 9.93. The maximum Gasteiger partial charge on any atom is 0.472 e. The third-order valence-corrected chi connectivity index (χ3v) is 5.31. The molecule has 17 heteroatoms. The summed E-state index contributed by atoms with van der Waals surface area (Å²) in [6.45, 7) is -1.50. The Balaban J connectivity index is 1.95. The van der Waals surface area contributed by atoms with E-state index in [-0.39, 0.29) is 0 Å². The molecule has 0 saturated carbocycles. The second-order valence-electron chi connectivity index (χ2n) is 5.87. The molecule has 0 aliphatic carbocycles. The molecule has 2 rings (SSSR count). The summed E-state index contributed by atoms with van der Waals surface area (Å²) in [5, 5.41) is 29.0. The van der Waals surface area contributed by atoms with E-state index in [1.807, 2.05) is 0 Å². The van der Waals surface area contributed by atoms with Gasteiger partial charge >= 0.3 is 15.6 Å². The molecule has 2 aliphatic rings. The van der Waals surface area contributed by atoms with Gasteiger partial charge in [0.1, 0.15) is 46.2 Å². The van der Waals surface area contributed by atoms with Crippen molar-refractivity contribution in [2.75, 3.05) is 13.2 Å². The van der Waals surface area contributed by atoms with Crippen LogP contribution in [0.5, 0.6) is 0 Å². The molecule has 2 heterocycles. The SMILES string of the molecule is [B]C1O[C@H](COP(=O)(O)OC2C(O)[C@H]([B])O[C@@H]2COP(=O)(O)O)C(O)[C@@H]1O. The molecule has 0 amide bonds. The van der Waals surface area contributed by atoms with Crippen molar-refractivity contribution < 1.29 is 62.2 Å². The average Bonchev–Trinajstić information content (AvgIpc) is 2.95. The van der Waals surface area contributed by atoms with Gasteiger partial charge in [0, 0.05) is 12.0 Å². The van der Waals surface area contributed by atoms with Crippen molar-refractivity contribution in [1.82, 2.24) is 0 Å². The van der Waals surface area contributed by atoms with Crippen LogP contribution in [0, 0.1) is 0 Å². The summed E-state index contributed by atoms with van der Waals surface area (Å²) in [4.78, 5) is 27.2. The lowest BCUT2D eigenvalue weighted by Gasteiger charge is -2.24. The molecular formula is C10H18B2O13P2. The average molecular weight is 430 g/mol. The quantitative estimate of drug-likeness (QED) is 0.164. The number of rotatable bonds is 8. The van der Waals surface area contributed by atoms with E-state index in [2.05, 4.69) is 9.05 Å². The number of hydrogen-bond acceptors (Lipinski definition) is 10. The minimum absolute atomic E-state index is 0.695. The lowest BCUT2D eigenvalue weighted by Crippen LogP contribution is -2.37. The predicted molar refractivity (Wildman–Crippen MR) is 85.5 cm³/mol. The fraction of sp³-hybridized carbons (Fsp3) is 1.00. The van der Waals surface area contributed by atoms with Crippen LogP contribution in [0.2, 0.25) is 0 Å². The Bertz CT molecular complexity index is 604. The van der Waals surface area contributed by atoms with Gasteiger partial charge in [0.25, 0.3) is 0 Å². The number of phosphoric ester groups is 2. The van der Waals surface area contributed by atoms with Crippen molar-refractivity contribution in [1.29, 1.82) is 0 Å². The van der Waals surface area contributed by atoms with E-state index < -0.39 is 77.5 Å². The highest BCUT2D eigenvalue weighted by Gasteiger charge is 2.47. The van der Waals surface area contributed by atoms with Crippen LogP contribution in [0.1, 0.15) is 0 Å². The second kappa shape index (κ2) is 8.88. The Morgan fingerprint density at radius 1 is 0.815 bits per heavy atom. The molecular weight excluding hydrogens is 412 g/mol. The predicted octanol–water partition coefficient (Wildman–Crippen LogP) is -3.53. The zero-order chi connectivity index (χ0) is 20.6. The molecule has 13 nitrogen and oxygen atoms in total. The molecule has 2 saturated heterocycles. The number of aliphatic hydroxyl groups excluding tert-OH is 3. The van der Waals surface area contributed by atoms with E-state index in [4.69, 9.17) is 39.5 Å². The first-order valence-electron chi connectivity index (χ1n) is 7.53. The van der Waals surface area contributed by atoms with E-state index in [1.54, 1.807) is 0 Å². The third-order valence-electron chi connectivity index (χ3n) is 3.83. The fourth-order valence-corrected chi connectivity index (χ4v) is 3.77. The molecule has 0 aromatic heterocycles. The summed E-state index contributed by atoms with van der Waals surface area (Å²) in [6, 6.07) is -2.60. The van der Waals surface area contributed by atoms with Crippen LogP contribution in [-0.2, 0) is 32.2 Å². The van der Waals surface area contributed by atoms with Gasteiger partial charge in [0.05, 0.1) is 19.3 Å². The third kappa shape index (κ3) is 6.31. The van der Waals surface area contributed by atoms with Crippen molar-refractivity contribution in [3.63, 3.8) is 0 Å². The van der Waals surface area contributed by atoms with E-state index in [0.29, 0.717) is 0 Å². The fourth-order valence-electron chi connectivity index (χ4n) is 2.47. The topological polar surface area (TPSA) is 202 Å². The monoisotopic (exact) mass is 430 g/mol. The molecule has 5 unspecified atom stereocenters. The largest absolute Gasteiger partial charge is 0.472 e. The summed E-state index contributed by atoms with van der Waals surface area (Å²) >= 11 is 0. The van der Waals surface area contributed by atoms with Crippen LogP contribution in [-0.4, -0.2) is 108 Å². The van der Waals surface area contributed by atoms with Crippen molar-refractivity contribution in [3.8, 4) is 0 Å². The second-order valence-corrected chi connectivity index (χ2v) is 8.52. The standard InChI is InChI=1S/C10H18B2O13P2/c11-9-6(14)5(13)3(23-9)1-22-27(19,20)25-8-4(2-21-26(16,17)18)24-10(12)7(8)15/h3-10,13-15H,1-2H2,(H,19,20)(H2,16,17,18)/t3-,4-,5?,6+,7?,8?,9?,10-/m1/s1. The minimum Gasteiger partial charge on any atom is -0.388 e. The summed E-state index contributed by atoms with van der Waals surface area (Å²) in [6.07, 6.45) is -8.77. The summed E-state index contributed by atoms with van der Waals surface area (Å²) in [5.41, 5.74) is 0. The molecule has 0 spiro atoms. The van der Waals surface area contributed by atoms with Gasteiger partial charge in [-0.2, -0.15) is 0 Å². The molecule has 152 valence electrons. The number of hydrogen-bond donors (Lipinski definition) is 6. The highest BCUT2D eigenvalue weighted by molar-refractivity contribution is 7.47. The van der Waals surface area contributed by atoms with Gasteiger partial charge in [-0.15, -0.1) is 0 Å². The highest BCUT2D eigenvalue weighted by Crippen LogP contribution is 2.48. The van der Waals surface area contributed by atoms with Crippen molar-refractivity contribution in [3.05, 3.63) is 0 Å². The van der Waals surface area contributed by atoms with E-state index in [9.17, 15) is 29.3 Å². The van der Waals surface area contributed by atoms with Gasteiger partial charge in [-0.05, 0) is 0 Å².